The van der Waals surface area contributed by atoms with Crippen LogP contribution in [0.4, 0.5) is 0 Å². The van der Waals surface area contributed by atoms with Crippen LogP contribution in [0.1, 0.15) is 20.9 Å². The smallest absolute Gasteiger partial charge is 0.272 e. The molecule has 2 rings (SSSR count). The standard InChI is InChI=1S/C14H13N3OS/c1-17(7-6-12-3-2-8-19-12)14(18)13-5-4-11(9-15)10-16-13/h2-5,8,10H,6-7H2,1H3. The van der Waals surface area contributed by atoms with Crippen molar-refractivity contribution in [2.45, 2.75) is 6.42 Å². The fourth-order valence-electron chi connectivity index (χ4n) is 1.62. The number of carbonyl (C=O) groups excluding carboxylic acids is 1. The minimum atomic E-state index is -0.124. The zero-order valence-electron chi connectivity index (χ0n) is 10.5. The highest BCUT2D eigenvalue weighted by atomic mass is 32.1. The second kappa shape index (κ2) is 6.12. The Morgan fingerprint density at radius 2 is 2.32 bits per heavy atom. The quantitative estimate of drug-likeness (QED) is 0.857. The minimum absolute atomic E-state index is 0.124. The molecule has 0 atom stereocenters. The van der Waals surface area contributed by atoms with E-state index in [9.17, 15) is 4.79 Å². The van der Waals surface area contributed by atoms with E-state index in [-0.39, 0.29) is 5.91 Å². The number of nitrogens with zero attached hydrogens (tertiary/aromatic N) is 3. The van der Waals surface area contributed by atoms with Crippen molar-refractivity contribution < 1.29 is 4.79 Å². The predicted octanol–water partition coefficient (Wildman–Crippen LogP) is 2.33. The molecular formula is C14H13N3OS. The van der Waals surface area contributed by atoms with E-state index < -0.39 is 0 Å². The van der Waals surface area contributed by atoms with Gasteiger partial charge in [0.05, 0.1) is 5.56 Å². The number of hydrogen-bond acceptors (Lipinski definition) is 4. The summed E-state index contributed by atoms with van der Waals surface area (Å²) >= 11 is 1.69. The van der Waals surface area contributed by atoms with E-state index in [0.29, 0.717) is 17.8 Å². The van der Waals surface area contributed by atoms with Gasteiger partial charge in [-0.2, -0.15) is 5.26 Å². The molecule has 0 N–H and O–H groups in total. The Labute approximate surface area is 115 Å². The maximum Gasteiger partial charge on any atom is 0.272 e. The maximum atomic E-state index is 12.1. The van der Waals surface area contributed by atoms with E-state index in [1.807, 2.05) is 17.5 Å². The second-order valence-electron chi connectivity index (χ2n) is 4.10. The molecule has 0 aliphatic rings. The highest BCUT2D eigenvalue weighted by Crippen LogP contribution is 2.10. The lowest BCUT2D eigenvalue weighted by Gasteiger charge is -2.16. The highest BCUT2D eigenvalue weighted by Gasteiger charge is 2.12. The van der Waals surface area contributed by atoms with Crippen LogP contribution in [0, 0.1) is 11.3 Å². The van der Waals surface area contributed by atoms with E-state index >= 15 is 0 Å². The number of likely N-dealkylation sites (N-methyl/N-ethyl adjacent to an activating group) is 1. The molecule has 0 unspecified atom stereocenters. The van der Waals surface area contributed by atoms with Crippen molar-refractivity contribution in [3.8, 4) is 6.07 Å². The van der Waals surface area contributed by atoms with Gasteiger partial charge in [-0.1, -0.05) is 6.07 Å². The third-order valence-electron chi connectivity index (χ3n) is 2.73. The molecule has 0 aliphatic heterocycles. The molecule has 1 amide bonds. The van der Waals surface area contributed by atoms with Gasteiger partial charge in [-0.25, -0.2) is 4.98 Å². The normalized spacial score (nSPS) is 9.89. The van der Waals surface area contributed by atoms with E-state index in [1.165, 1.54) is 11.1 Å². The first-order chi connectivity index (χ1) is 9.20. The van der Waals surface area contributed by atoms with Gasteiger partial charge in [0, 0.05) is 24.7 Å². The van der Waals surface area contributed by atoms with Crippen molar-refractivity contribution in [3.63, 3.8) is 0 Å². The topological polar surface area (TPSA) is 57.0 Å². The summed E-state index contributed by atoms with van der Waals surface area (Å²) in [4.78, 5) is 19.0. The molecule has 96 valence electrons. The van der Waals surface area contributed by atoms with Crippen LogP contribution in [0.3, 0.4) is 0 Å². The average molecular weight is 271 g/mol. The molecule has 0 fully saturated rings. The maximum absolute atomic E-state index is 12.1. The van der Waals surface area contributed by atoms with E-state index in [2.05, 4.69) is 11.1 Å². The van der Waals surface area contributed by atoms with Crippen LogP contribution >= 0.6 is 11.3 Å². The molecule has 0 aromatic carbocycles. The number of hydrogen-bond donors (Lipinski definition) is 0. The molecule has 5 heteroatoms. The van der Waals surface area contributed by atoms with Gasteiger partial charge >= 0.3 is 0 Å². The van der Waals surface area contributed by atoms with Crippen LogP contribution in [0.25, 0.3) is 0 Å². The van der Waals surface area contributed by atoms with Crippen molar-refractivity contribution in [2.24, 2.45) is 0 Å². The molecule has 0 saturated carbocycles. The number of aromatic nitrogens is 1. The Kier molecular flexibility index (Phi) is 4.26. The number of rotatable bonds is 4. The van der Waals surface area contributed by atoms with Crippen molar-refractivity contribution in [3.05, 3.63) is 52.0 Å². The van der Waals surface area contributed by atoms with Crippen molar-refractivity contribution in [2.75, 3.05) is 13.6 Å². The summed E-state index contributed by atoms with van der Waals surface area (Å²) in [6.45, 7) is 0.654. The molecule has 4 nitrogen and oxygen atoms in total. The monoisotopic (exact) mass is 271 g/mol. The predicted molar refractivity (Wildman–Crippen MR) is 73.9 cm³/mol. The first-order valence-electron chi connectivity index (χ1n) is 5.84. The molecule has 0 bridgehead atoms. The molecule has 2 aromatic rings. The summed E-state index contributed by atoms with van der Waals surface area (Å²) in [7, 11) is 1.76. The van der Waals surface area contributed by atoms with Crippen molar-refractivity contribution >= 4 is 17.2 Å². The van der Waals surface area contributed by atoms with Crippen LogP contribution in [-0.4, -0.2) is 29.4 Å². The molecule has 19 heavy (non-hydrogen) atoms. The first kappa shape index (κ1) is 13.2. The number of pyridine rings is 1. The fraction of sp³-hybridized carbons (Fsp3) is 0.214. The Balaban J connectivity index is 1.96. The zero-order chi connectivity index (χ0) is 13.7. The van der Waals surface area contributed by atoms with Gasteiger partial charge in [0.1, 0.15) is 11.8 Å². The molecule has 0 spiro atoms. The summed E-state index contributed by atoms with van der Waals surface area (Å²) in [5, 5.41) is 10.7. The minimum Gasteiger partial charge on any atom is -0.340 e. The second-order valence-corrected chi connectivity index (χ2v) is 5.13. The van der Waals surface area contributed by atoms with Gasteiger partial charge in [0.2, 0.25) is 0 Å². The largest absolute Gasteiger partial charge is 0.340 e. The molecule has 2 aromatic heterocycles. The first-order valence-corrected chi connectivity index (χ1v) is 6.72. The lowest BCUT2D eigenvalue weighted by Crippen LogP contribution is -2.29. The lowest BCUT2D eigenvalue weighted by molar-refractivity contribution is 0.0791. The Morgan fingerprint density at radius 3 is 2.89 bits per heavy atom. The Bertz CT molecular complexity index is 584. The molecule has 0 radical (unpaired) electrons. The third kappa shape index (κ3) is 3.39. The summed E-state index contributed by atoms with van der Waals surface area (Å²) in [6, 6.07) is 9.23. The lowest BCUT2D eigenvalue weighted by atomic mass is 10.2. The van der Waals surface area contributed by atoms with E-state index in [4.69, 9.17) is 5.26 Å². The van der Waals surface area contributed by atoms with Gasteiger partial charge in [-0.15, -0.1) is 11.3 Å². The van der Waals surface area contributed by atoms with Gasteiger partial charge < -0.3 is 4.90 Å². The number of carbonyl (C=O) groups is 1. The summed E-state index contributed by atoms with van der Waals surface area (Å²) in [6.07, 6.45) is 2.26. The fourth-order valence-corrected chi connectivity index (χ4v) is 2.31. The van der Waals surface area contributed by atoms with Crippen LogP contribution in [0.5, 0.6) is 0 Å². The van der Waals surface area contributed by atoms with Crippen molar-refractivity contribution in [1.82, 2.24) is 9.88 Å². The molecule has 0 aliphatic carbocycles. The SMILES string of the molecule is CN(CCc1cccs1)C(=O)c1ccc(C#N)cn1. The van der Waals surface area contributed by atoms with E-state index in [0.717, 1.165) is 6.42 Å². The van der Waals surface area contributed by atoms with Crippen LogP contribution in [0.2, 0.25) is 0 Å². The highest BCUT2D eigenvalue weighted by molar-refractivity contribution is 7.09. The summed E-state index contributed by atoms with van der Waals surface area (Å²) in [5.74, 6) is -0.124. The molecule has 0 saturated heterocycles. The summed E-state index contributed by atoms with van der Waals surface area (Å²) in [5.41, 5.74) is 0.825. The zero-order valence-corrected chi connectivity index (χ0v) is 11.4. The van der Waals surface area contributed by atoms with Gasteiger partial charge in [-0.3, -0.25) is 4.79 Å². The van der Waals surface area contributed by atoms with Crippen LogP contribution < -0.4 is 0 Å². The molecular weight excluding hydrogens is 258 g/mol. The average Bonchev–Trinajstić information content (AvgIpc) is 2.97. The number of thiophene rings is 1. The van der Waals surface area contributed by atoms with Crippen molar-refractivity contribution in [1.29, 1.82) is 5.26 Å². The molecule has 2 heterocycles. The van der Waals surface area contributed by atoms with Crippen LogP contribution in [-0.2, 0) is 6.42 Å². The Hall–Kier alpha value is -2.19. The van der Waals surface area contributed by atoms with Gasteiger partial charge in [0.15, 0.2) is 0 Å². The van der Waals surface area contributed by atoms with E-state index in [1.54, 1.807) is 35.4 Å². The number of amides is 1. The van der Waals surface area contributed by atoms with Gasteiger partial charge in [0.25, 0.3) is 5.91 Å². The van der Waals surface area contributed by atoms with Gasteiger partial charge in [-0.05, 0) is 30.0 Å². The third-order valence-corrected chi connectivity index (χ3v) is 3.67. The Morgan fingerprint density at radius 1 is 1.47 bits per heavy atom. The number of nitriles is 1. The van der Waals surface area contributed by atoms with Crippen LogP contribution in [0.15, 0.2) is 35.8 Å². The summed E-state index contributed by atoms with van der Waals surface area (Å²) < 4.78 is 0.